The van der Waals surface area contributed by atoms with Crippen molar-refractivity contribution in [2.45, 2.75) is 25.8 Å². The van der Waals surface area contributed by atoms with Crippen molar-refractivity contribution in [3.8, 4) is 5.75 Å². The third-order valence-electron chi connectivity index (χ3n) is 2.53. The lowest BCUT2D eigenvalue weighted by Crippen LogP contribution is -2.40. The summed E-state index contributed by atoms with van der Waals surface area (Å²) in [4.78, 5) is 22.9. The summed E-state index contributed by atoms with van der Waals surface area (Å²) in [5.74, 6) is -1.04. The summed E-state index contributed by atoms with van der Waals surface area (Å²) in [6.07, 6.45) is 1.08. The van der Waals surface area contributed by atoms with E-state index in [9.17, 15) is 9.59 Å². The second kappa shape index (κ2) is 6.64. The zero-order valence-electron chi connectivity index (χ0n) is 10.5. The lowest BCUT2D eigenvalue weighted by Gasteiger charge is -2.14. The van der Waals surface area contributed by atoms with Crippen LogP contribution in [0, 0.1) is 0 Å². The molecule has 0 aliphatic carbocycles. The third-order valence-corrected chi connectivity index (χ3v) is 2.53. The Labute approximate surface area is 106 Å². The van der Waals surface area contributed by atoms with Gasteiger partial charge in [-0.25, -0.2) is 4.79 Å². The highest BCUT2D eigenvalue weighted by molar-refractivity contribution is 5.98. The summed E-state index contributed by atoms with van der Waals surface area (Å²) < 4.78 is 5.06. The summed E-state index contributed by atoms with van der Waals surface area (Å²) in [6, 6.07) is 5.83. The smallest absolute Gasteiger partial charge is 0.326 e. The van der Waals surface area contributed by atoms with Crippen LogP contribution in [0.2, 0.25) is 0 Å². The number of carboxylic acids is 1. The van der Waals surface area contributed by atoms with Crippen molar-refractivity contribution in [3.63, 3.8) is 0 Å². The fourth-order valence-corrected chi connectivity index (χ4v) is 1.61. The number of carbonyl (C=O) groups is 2. The second-order valence-corrected chi connectivity index (χ2v) is 3.85. The predicted octanol–water partition coefficient (Wildman–Crippen LogP) is 1.68. The molecule has 0 unspecified atom stereocenters. The minimum Gasteiger partial charge on any atom is -0.496 e. The molecule has 0 radical (unpaired) electrons. The highest BCUT2D eigenvalue weighted by atomic mass is 16.5. The van der Waals surface area contributed by atoms with E-state index in [2.05, 4.69) is 5.32 Å². The van der Waals surface area contributed by atoms with Crippen LogP contribution in [0.4, 0.5) is 0 Å². The number of methoxy groups -OCH3 is 1. The Morgan fingerprint density at radius 2 is 2.06 bits per heavy atom. The van der Waals surface area contributed by atoms with Crippen LogP contribution in [-0.4, -0.2) is 30.1 Å². The fraction of sp³-hybridized carbons (Fsp3) is 0.385. The molecular weight excluding hydrogens is 234 g/mol. The molecule has 5 nitrogen and oxygen atoms in total. The minimum atomic E-state index is -1.03. The highest BCUT2D eigenvalue weighted by Crippen LogP contribution is 2.17. The first-order valence-corrected chi connectivity index (χ1v) is 5.76. The summed E-state index contributed by atoms with van der Waals surface area (Å²) >= 11 is 0. The van der Waals surface area contributed by atoms with Gasteiger partial charge in [0.25, 0.3) is 5.91 Å². The van der Waals surface area contributed by atoms with Crippen LogP contribution in [0.25, 0.3) is 0 Å². The molecule has 0 spiro atoms. The van der Waals surface area contributed by atoms with Gasteiger partial charge in [-0.3, -0.25) is 4.79 Å². The number of aliphatic carboxylic acids is 1. The maximum atomic E-state index is 12.0. The number of amides is 1. The van der Waals surface area contributed by atoms with Gasteiger partial charge in [-0.1, -0.05) is 25.5 Å². The molecule has 1 amide bonds. The molecule has 1 atom stereocenters. The van der Waals surface area contributed by atoms with E-state index in [0.717, 1.165) is 0 Å². The van der Waals surface area contributed by atoms with E-state index in [1.807, 2.05) is 6.92 Å². The summed E-state index contributed by atoms with van der Waals surface area (Å²) in [5.41, 5.74) is 0.336. The van der Waals surface area contributed by atoms with Crippen LogP contribution < -0.4 is 10.1 Å². The molecule has 1 aromatic rings. The molecule has 0 saturated heterocycles. The first-order valence-electron chi connectivity index (χ1n) is 5.76. The van der Waals surface area contributed by atoms with Gasteiger partial charge in [0.15, 0.2) is 0 Å². The third kappa shape index (κ3) is 3.48. The number of benzene rings is 1. The van der Waals surface area contributed by atoms with Gasteiger partial charge in [0, 0.05) is 0 Å². The number of hydrogen-bond acceptors (Lipinski definition) is 3. The van der Waals surface area contributed by atoms with E-state index in [1.54, 1.807) is 24.3 Å². The molecule has 0 saturated carbocycles. The zero-order chi connectivity index (χ0) is 13.5. The Balaban J connectivity index is 2.83. The van der Waals surface area contributed by atoms with E-state index in [-0.39, 0.29) is 0 Å². The SMILES string of the molecule is CCC[C@H](NC(=O)c1ccccc1OC)C(=O)O. The Hall–Kier alpha value is -2.04. The fourth-order valence-electron chi connectivity index (χ4n) is 1.61. The van der Waals surface area contributed by atoms with Crippen molar-refractivity contribution >= 4 is 11.9 Å². The van der Waals surface area contributed by atoms with Crippen molar-refractivity contribution in [2.75, 3.05) is 7.11 Å². The normalized spacial score (nSPS) is 11.7. The molecule has 0 aliphatic rings. The van der Waals surface area contributed by atoms with E-state index in [4.69, 9.17) is 9.84 Å². The lowest BCUT2D eigenvalue weighted by atomic mass is 10.1. The van der Waals surface area contributed by atoms with Crippen LogP contribution in [0.1, 0.15) is 30.1 Å². The number of para-hydroxylation sites is 1. The van der Waals surface area contributed by atoms with Crippen molar-refractivity contribution in [1.29, 1.82) is 0 Å². The number of carboxylic acid groups (broad SMARTS) is 1. The molecular formula is C13H17NO4. The Morgan fingerprint density at radius 3 is 2.61 bits per heavy atom. The van der Waals surface area contributed by atoms with Crippen LogP contribution in [0.5, 0.6) is 5.75 Å². The van der Waals surface area contributed by atoms with E-state index >= 15 is 0 Å². The predicted molar refractivity (Wildman–Crippen MR) is 66.8 cm³/mol. The Morgan fingerprint density at radius 1 is 1.39 bits per heavy atom. The van der Waals surface area contributed by atoms with E-state index in [1.165, 1.54) is 7.11 Å². The number of hydrogen-bond donors (Lipinski definition) is 2. The largest absolute Gasteiger partial charge is 0.496 e. The molecule has 0 fully saturated rings. The van der Waals surface area contributed by atoms with Crippen molar-refractivity contribution < 1.29 is 19.4 Å². The van der Waals surface area contributed by atoms with Crippen LogP contribution in [0.3, 0.4) is 0 Å². The molecule has 1 rings (SSSR count). The molecule has 0 heterocycles. The number of ether oxygens (including phenoxy) is 1. The average Bonchev–Trinajstić information content (AvgIpc) is 2.37. The standard InChI is InChI=1S/C13H17NO4/c1-3-6-10(13(16)17)14-12(15)9-7-4-5-8-11(9)18-2/h4-5,7-8,10H,3,6H2,1-2H3,(H,14,15)(H,16,17)/t10-/m0/s1. The van der Waals surface area contributed by atoms with Gasteiger partial charge in [0.1, 0.15) is 11.8 Å². The van der Waals surface area contributed by atoms with Gasteiger partial charge in [-0.15, -0.1) is 0 Å². The monoisotopic (exact) mass is 251 g/mol. The lowest BCUT2D eigenvalue weighted by molar-refractivity contribution is -0.139. The molecule has 18 heavy (non-hydrogen) atoms. The number of carbonyl (C=O) groups excluding carboxylic acids is 1. The first kappa shape index (κ1) is 14.0. The Bertz CT molecular complexity index is 431. The van der Waals surface area contributed by atoms with Gasteiger partial charge in [-0.05, 0) is 18.6 Å². The molecule has 0 aromatic heterocycles. The molecule has 5 heteroatoms. The summed E-state index contributed by atoms with van der Waals surface area (Å²) in [5, 5.41) is 11.5. The van der Waals surface area contributed by atoms with Gasteiger partial charge >= 0.3 is 5.97 Å². The van der Waals surface area contributed by atoms with Crippen LogP contribution in [0.15, 0.2) is 24.3 Å². The van der Waals surface area contributed by atoms with Gasteiger partial charge in [-0.2, -0.15) is 0 Å². The quantitative estimate of drug-likeness (QED) is 0.806. The Kier molecular flexibility index (Phi) is 5.17. The van der Waals surface area contributed by atoms with Crippen molar-refractivity contribution in [2.24, 2.45) is 0 Å². The average molecular weight is 251 g/mol. The van der Waals surface area contributed by atoms with Crippen LogP contribution >= 0.6 is 0 Å². The maximum Gasteiger partial charge on any atom is 0.326 e. The highest BCUT2D eigenvalue weighted by Gasteiger charge is 2.21. The second-order valence-electron chi connectivity index (χ2n) is 3.85. The first-order chi connectivity index (χ1) is 8.60. The van der Waals surface area contributed by atoms with Gasteiger partial charge in [0.2, 0.25) is 0 Å². The molecule has 0 aliphatic heterocycles. The van der Waals surface area contributed by atoms with Gasteiger partial charge in [0.05, 0.1) is 12.7 Å². The van der Waals surface area contributed by atoms with Crippen molar-refractivity contribution in [3.05, 3.63) is 29.8 Å². The van der Waals surface area contributed by atoms with E-state index < -0.39 is 17.9 Å². The van der Waals surface area contributed by atoms with E-state index in [0.29, 0.717) is 24.2 Å². The molecule has 0 bridgehead atoms. The minimum absolute atomic E-state index is 0.336. The van der Waals surface area contributed by atoms with Gasteiger partial charge < -0.3 is 15.2 Å². The van der Waals surface area contributed by atoms with Crippen LogP contribution in [-0.2, 0) is 4.79 Å². The van der Waals surface area contributed by atoms with Crippen molar-refractivity contribution in [1.82, 2.24) is 5.32 Å². The maximum absolute atomic E-state index is 12.0. The molecule has 2 N–H and O–H groups in total. The number of nitrogens with one attached hydrogen (secondary N) is 1. The zero-order valence-corrected chi connectivity index (χ0v) is 10.5. The molecule has 1 aromatic carbocycles. The number of rotatable bonds is 6. The summed E-state index contributed by atoms with van der Waals surface area (Å²) in [7, 11) is 1.47. The summed E-state index contributed by atoms with van der Waals surface area (Å²) in [6.45, 7) is 1.87. The topological polar surface area (TPSA) is 75.6 Å². The molecule has 98 valence electrons.